The molecule has 0 fully saturated rings. The Morgan fingerprint density at radius 2 is 1.81 bits per heavy atom. The number of carbonyl (C=O) groups excluding carboxylic acids is 1. The van der Waals surface area contributed by atoms with Crippen molar-refractivity contribution in [2.24, 2.45) is 0 Å². The third-order valence-electron chi connectivity index (χ3n) is 7.27. The average Bonchev–Trinajstić information content (AvgIpc) is 3.15. The number of anilines is 1. The zero-order chi connectivity index (χ0) is 24.8. The molecule has 0 radical (unpaired) electrons. The van der Waals surface area contributed by atoms with Gasteiger partial charge in [0.2, 0.25) is 5.95 Å². The van der Waals surface area contributed by atoms with Crippen molar-refractivity contribution in [3.63, 3.8) is 0 Å². The van der Waals surface area contributed by atoms with Crippen LogP contribution in [0.15, 0.2) is 53.7 Å². The Hall–Kier alpha value is -3.65. The molecule has 2 aliphatic heterocycles. The van der Waals surface area contributed by atoms with Crippen LogP contribution in [0.1, 0.15) is 73.5 Å². The van der Waals surface area contributed by atoms with E-state index in [-0.39, 0.29) is 18.3 Å². The van der Waals surface area contributed by atoms with Gasteiger partial charge in [-0.15, -0.1) is 0 Å². The van der Waals surface area contributed by atoms with E-state index in [1.165, 1.54) is 5.56 Å². The van der Waals surface area contributed by atoms with Crippen molar-refractivity contribution in [2.75, 3.05) is 18.5 Å². The van der Waals surface area contributed by atoms with Crippen LogP contribution in [-0.2, 0) is 11.4 Å². The van der Waals surface area contributed by atoms with Crippen molar-refractivity contribution in [3.8, 4) is 11.5 Å². The summed E-state index contributed by atoms with van der Waals surface area (Å²) in [5.41, 5.74) is 4.89. The van der Waals surface area contributed by atoms with E-state index in [1.807, 2.05) is 18.2 Å². The maximum atomic E-state index is 13.7. The fraction of sp³-hybridized carbons (Fsp3) is 0.393. The molecule has 0 saturated heterocycles. The number of ether oxygens (including phenoxy) is 2. The van der Waals surface area contributed by atoms with Crippen LogP contribution in [-0.4, -0.2) is 38.9 Å². The van der Waals surface area contributed by atoms with Gasteiger partial charge in [-0.3, -0.25) is 4.79 Å². The summed E-state index contributed by atoms with van der Waals surface area (Å²) in [5, 5.41) is 17.6. The fourth-order valence-electron chi connectivity index (χ4n) is 5.37. The quantitative estimate of drug-likeness (QED) is 0.561. The van der Waals surface area contributed by atoms with Gasteiger partial charge >= 0.3 is 0 Å². The molecular weight excluding hydrogens is 456 g/mol. The minimum absolute atomic E-state index is 0.0844. The van der Waals surface area contributed by atoms with Gasteiger partial charge in [0.1, 0.15) is 12.6 Å². The molecular formula is C28H30N4O4. The second kappa shape index (κ2) is 9.09. The maximum absolute atomic E-state index is 13.7. The minimum Gasteiger partial charge on any atom is -0.490 e. The number of aromatic nitrogens is 3. The lowest BCUT2D eigenvalue weighted by Crippen LogP contribution is -2.33. The molecule has 0 spiro atoms. The fourth-order valence-corrected chi connectivity index (χ4v) is 5.37. The van der Waals surface area contributed by atoms with Gasteiger partial charge in [0.15, 0.2) is 23.1 Å². The van der Waals surface area contributed by atoms with Crippen LogP contribution in [0, 0.1) is 0 Å². The predicted molar refractivity (Wildman–Crippen MR) is 134 cm³/mol. The number of Topliss-reactive ketones (excluding diaryl/α,β-unsaturated/α-hetero) is 1. The van der Waals surface area contributed by atoms with E-state index in [9.17, 15) is 9.90 Å². The summed E-state index contributed by atoms with van der Waals surface area (Å²) in [6.45, 7) is 5.27. The van der Waals surface area contributed by atoms with Crippen LogP contribution in [0.2, 0.25) is 0 Å². The normalized spacial score (nSPS) is 21.1. The molecule has 8 heteroatoms. The van der Waals surface area contributed by atoms with Gasteiger partial charge in [0, 0.05) is 24.1 Å². The number of benzene rings is 2. The Labute approximate surface area is 210 Å². The van der Waals surface area contributed by atoms with Gasteiger partial charge in [-0.05, 0) is 47.1 Å². The molecule has 2 atom stereocenters. The molecule has 0 bridgehead atoms. The molecule has 1 aromatic heterocycles. The van der Waals surface area contributed by atoms with Crippen LogP contribution in [0.3, 0.4) is 0 Å². The molecule has 0 amide bonds. The number of hydrogen-bond acceptors (Lipinski definition) is 7. The van der Waals surface area contributed by atoms with Crippen LogP contribution >= 0.6 is 0 Å². The Bertz CT molecular complexity index is 1340. The molecule has 2 unspecified atom stereocenters. The van der Waals surface area contributed by atoms with E-state index < -0.39 is 6.04 Å². The molecule has 186 valence electrons. The zero-order valence-corrected chi connectivity index (χ0v) is 20.5. The van der Waals surface area contributed by atoms with Gasteiger partial charge in [-0.25, -0.2) is 4.68 Å². The van der Waals surface area contributed by atoms with Crippen molar-refractivity contribution >= 4 is 11.7 Å². The zero-order valence-electron chi connectivity index (χ0n) is 20.5. The lowest BCUT2D eigenvalue weighted by atomic mass is 9.77. The Kier molecular flexibility index (Phi) is 5.76. The predicted octanol–water partition coefficient (Wildman–Crippen LogP) is 4.47. The van der Waals surface area contributed by atoms with Crippen molar-refractivity contribution in [3.05, 3.63) is 76.2 Å². The highest BCUT2D eigenvalue weighted by atomic mass is 16.5. The number of hydrogen-bond donors (Lipinski definition) is 2. The Morgan fingerprint density at radius 3 is 2.56 bits per heavy atom. The molecule has 0 saturated carbocycles. The van der Waals surface area contributed by atoms with Crippen LogP contribution in [0.4, 0.5) is 5.95 Å². The van der Waals surface area contributed by atoms with E-state index in [2.05, 4.69) is 53.5 Å². The van der Waals surface area contributed by atoms with Crippen LogP contribution in [0.5, 0.6) is 11.5 Å². The molecule has 8 nitrogen and oxygen atoms in total. The number of ketones is 1. The lowest BCUT2D eigenvalue weighted by Gasteiger charge is -2.35. The minimum atomic E-state index is -0.460. The van der Waals surface area contributed by atoms with Crippen molar-refractivity contribution < 1.29 is 19.4 Å². The monoisotopic (exact) mass is 486 g/mol. The summed E-state index contributed by atoms with van der Waals surface area (Å²) in [4.78, 5) is 18.2. The number of rotatable bonds is 4. The smallest absolute Gasteiger partial charge is 0.226 e. The van der Waals surface area contributed by atoms with E-state index in [4.69, 9.17) is 9.47 Å². The van der Waals surface area contributed by atoms with E-state index in [0.717, 1.165) is 23.2 Å². The molecule has 3 aromatic rings. The topological polar surface area (TPSA) is 98.5 Å². The van der Waals surface area contributed by atoms with Crippen molar-refractivity contribution in [1.82, 2.24) is 14.8 Å². The molecule has 2 N–H and O–H groups in total. The molecule has 1 aliphatic carbocycles. The summed E-state index contributed by atoms with van der Waals surface area (Å²) < 4.78 is 13.5. The second-order valence-corrected chi connectivity index (χ2v) is 9.98. The standard InChI is InChI=1S/C28H30N4O4/c1-16(2)17-4-6-18(7-5-17)20-12-21-26(22(34)13-20)27(32-28(29-21)30-25(15-33)31-32)19-8-9-23-24(14-19)36-11-3-10-35-23/h4-9,14,16,20,27,33H,3,10-13,15H2,1-2H3,(H,29,30,31). The summed E-state index contributed by atoms with van der Waals surface area (Å²) in [6.07, 6.45) is 1.95. The van der Waals surface area contributed by atoms with Gasteiger partial charge < -0.3 is 19.9 Å². The SMILES string of the molecule is CC(C)c1ccc(C2CC(=O)C3=C(C2)Nc2nc(CO)nn2C3c2ccc3c(c2)OCCCO3)cc1. The van der Waals surface area contributed by atoms with E-state index >= 15 is 0 Å². The first-order chi connectivity index (χ1) is 17.5. The molecule has 3 aliphatic rings. The summed E-state index contributed by atoms with van der Waals surface area (Å²) in [7, 11) is 0. The van der Waals surface area contributed by atoms with Crippen molar-refractivity contribution in [1.29, 1.82) is 0 Å². The largest absolute Gasteiger partial charge is 0.490 e. The van der Waals surface area contributed by atoms with Gasteiger partial charge in [0.25, 0.3) is 0 Å². The number of fused-ring (bicyclic) bond motifs is 2. The van der Waals surface area contributed by atoms with Crippen LogP contribution in [0.25, 0.3) is 0 Å². The third-order valence-corrected chi connectivity index (χ3v) is 7.27. The number of carbonyl (C=O) groups is 1. The summed E-state index contributed by atoms with van der Waals surface area (Å²) in [6, 6.07) is 14.0. The summed E-state index contributed by atoms with van der Waals surface area (Å²) >= 11 is 0. The highest BCUT2D eigenvalue weighted by Crippen LogP contribution is 2.45. The van der Waals surface area contributed by atoms with E-state index in [1.54, 1.807) is 4.68 Å². The first-order valence-electron chi connectivity index (χ1n) is 12.6. The Morgan fingerprint density at radius 1 is 1.06 bits per heavy atom. The molecule has 3 heterocycles. The number of aliphatic hydroxyl groups excluding tert-OH is 1. The first kappa shape index (κ1) is 22.8. The number of nitrogens with zero attached hydrogens (tertiary/aromatic N) is 3. The van der Waals surface area contributed by atoms with Gasteiger partial charge in [-0.1, -0.05) is 44.2 Å². The van der Waals surface area contributed by atoms with E-state index in [0.29, 0.717) is 60.8 Å². The van der Waals surface area contributed by atoms with Crippen molar-refractivity contribution in [2.45, 2.75) is 57.6 Å². The molecule has 2 aromatic carbocycles. The highest BCUT2D eigenvalue weighted by molar-refractivity contribution is 6.00. The number of allylic oxidation sites excluding steroid dienone is 2. The lowest BCUT2D eigenvalue weighted by molar-refractivity contribution is -0.116. The van der Waals surface area contributed by atoms with Crippen LogP contribution < -0.4 is 14.8 Å². The number of aliphatic hydroxyl groups is 1. The van der Waals surface area contributed by atoms with Gasteiger partial charge in [0.05, 0.1) is 13.2 Å². The molecule has 36 heavy (non-hydrogen) atoms. The summed E-state index contributed by atoms with van der Waals surface area (Å²) in [5.74, 6) is 2.84. The van der Waals surface area contributed by atoms with Gasteiger partial charge in [-0.2, -0.15) is 10.1 Å². The Balaban J connectivity index is 1.41. The maximum Gasteiger partial charge on any atom is 0.226 e. The third kappa shape index (κ3) is 3.95. The first-order valence-corrected chi connectivity index (χ1v) is 12.6. The molecule has 6 rings (SSSR count). The second-order valence-electron chi connectivity index (χ2n) is 9.98. The number of nitrogens with one attached hydrogen (secondary N) is 1. The highest BCUT2D eigenvalue weighted by Gasteiger charge is 2.40. The average molecular weight is 487 g/mol.